The first kappa shape index (κ1) is 8.78. The van der Waals surface area contributed by atoms with E-state index in [0.29, 0.717) is 5.28 Å². The van der Waals surface area contributed by atoms with Gasteiger partial charge in [0.1, 0.15) is 0 Å². The maximum Gasteiger partial charge on any atom is 0.203 e. The first-order valence-corrected chi connectivity index (χ1v) is 5.33. The van der Waals surface area contributed by atoms with Crippen LogP contribution < -0.4 is 0 Å². The Morgan fingerprint density at radius 3 is 3.08 bits per heavy atom. The molecule has 2 rings (SSSR count). The number of hydrogen-bond acceptors (Lipinski definition) is 2. The van der Waals surface area contributed by atoms with Crippen molar-refractivity contribution in [2.45, 2.75) is 13.5 Å². The summed E-state index contributed by atoms with van der Waals surface area (Å²) >= 11 is 7.62. The Morgan fingerprint density at radius 2 is 2.46 bits per heavy atom. The lowest BCUT2D eigenvalue weighted by atomic mass is 10.4. The summed E-state index contributed by atoms with van der Waals surface area (Å²) in [6.07, 6.45) is 1.82. The number of aromatic nitrogens is 2. The quantitative estimate of drug-likeness (QED) is 0.747. The van der Waals surface area contributed by atoms with Crippen LogP contribution in [0.1, 0.15) is 6.92 Å². The fourth-order valence-corrected chi connectivity index (χ4v) is 2.28. The van der Waals surface area contributed by atoms with Gasteiger partial charge in [-0.1, -0.05) is 6.07 Å². The molecule has 0 atom stereocenters. The molecule has 0 saturated carbocycles. The second-order valence-electron chi connectivity index (χ2n) is 2.63. The van der Waals surface area contributed by atoms with Crippen LogP contribution in [0.25, 0.3) is 10.6 Å². The monoisotopic (exact) mass is 212 g/mol. The minimum atomic E-state index is 0.561. The lowest BCUT2D eigenvalue weighted by Gasteiger charge is -2.02. The molecule has 0 unspecified atom stereocenters. The first-order chi connectivity index (χ1) is 6.33. The molecule has 2 nitrogen and oxygen atoms in total. The standard InChI is InChI=1S/C9H9ClN2S/c1-2-12-7(6-11-9(12)10)8-4-3-5-13-8/h3-6H,2H2,1H3. The van der Waals surface area contributed by atoms with E-state index in [9.17, 15) is 0 Å². The van der Waals surface area contributed by atoms with E-state index in [1.54, 1.807) is 11.3 Å². The number of halogens is 1. The first-order valence-electron chi connectivity index (χ1n) is 4.08. The SMILES string of the molecule is CCn1c(-c2cccs2)cnc1Cl. The third-order valence-corrected chi connectivity index (χ3v) is 3.09. The van der Waals surface area contributed by atoms with Crippen LogP contribution in [0.3, 0.4) is 0 Å². The van der Waals surface area contributed by atoms with Crippen molar-refractivity contribution in [3.8, 4) is 10.6 Å². The Balaban J connectivity index is 2.52. The number of nitrogens with zero attached hydrogens (tertiary/aromatic N) is 2. The second-order valence-corrected chi connectivity index (χ2v) is 3.92. The molecule has 68 valence electrons. The van der Waals surface area contributed by atoms with Crippen molar-refractivity contribution in [3.05, 3.63) is 29.0 Å². The van der Waals surface area contributed by atoms with Gasteiger partial charge in [-0.25, -0.2) is 4.98 Å². The van der Waals surface area contributed by atoms with E-state index in [1.165, 1.54) is 4.88 Å². The minimum absolute atomic E-state index is 0.561. The average molecular weight is 213 g/mol. The van der Waals surface area contributed by atoms with Crippen molar-refractivity contribution in [3.63, 3.8) is 0 Å². The Kier molecular flexibility index (Phi) is 2.38. The van der Waals surface area contributed by atoms with Gasteiger partial charge in [-0.05, 0) is 30.0 Å². The molecule has 0 aliphatic rings. The highest BCUT2D eigenvalue weighted by molar-refractivity contribution is 7.13. The molecule has 0 saturated heterocycles. The van der Waals surface area contributed by atoms with Gasteiger partial charge in [0.05, 0.1) is 16.8 Å². The van der Waals surface area contributed by atoms with Crippen molar-refractivity contribution >= 4 is 22.9 Å². The second kappa shape index (κ2) is 3.52. The maximum absolute atomic E-state index is 5.92. The minimum Gasteiger partial charge on any atom is -0.314 e. The van der Waals surface area contributed by atoms with Crippen LogP contribution in [0.2, 0.25) is 5.28 Å². The van der Waals surface area contributed by atoms with Crippen molar-refractivity contribution in [1.82, 2.24) is 9.55 Å². The number of rotatable bonds is 2. The number of imidazole rings is 1. The summed E-state index contributed by atoms with van der Waals surface area (Å²) in [6.45, 7) is 2.91. The molecule has 0 fully saturated rings. The molecule has 0 aliphatic heterocycles. The summed E-state index contributed by atoms with van der Waals surface area (Å²) < 4.78 is 1.99. The van der Waals surface area contributed by atoms with Crippen molar-refractivity contribution in [2.75, 3.05) is 0 Å². The zero-order valence-electron chi connectivity index (χ0n) is 7.20. The summed E-state index contributed by atoms with van der Waals surface area (Å²) in [4.78, 5) is 5.29. The lowest BCUT2D eigenvalue weighted by molar-refractivity contribution is 0.771. The molecule has 2 aromatic rings. The van der Waals surface area contributed by atoms with Crippen LogP contribution >= 0.6 is 22.9 Å². The summed E-state index contributed by atoms with van der Waals surface area (Å²) in [5.41, 5.74) is 1.10. The highest BCUT2D eigenvalue weighted by Gasteiger charge is 2.08. The Labute approximate surface area is 85.8 Å². The van der Waals surface area contributed by atoms with Gasteiger partial charge in [-0.2, -0.15) is 0 Å². The van der Waals surface area contributed by atoms with Gasteiger partial charge in [-0.3, -0.25) is 0 Å². The predicted octanol–water partition coefficient (Wildman–Crippen LogP) is 3.28. The molecule has 0 N–H and O–H groups in total. The Bertz CT molecular complexity index is 392. The predicted molar refractivity (Wildman–Crippen MR) is 56.2 cm³/mol. The molecule has 0 amide bonds. The van der Waals surface area contributed by atoms with Crippen LogP contribution in [0, 0.1) is 0 Å². The molecule has 13 heavy (non-hydrogen) atoms. The molecule has 4 heteroatoms. The van der Waals surface area contributed by atoms with Gasteiger partial charge in [0, 0.05) is 6.54 Å². The molecule has 2 aromatic heterocycles. The normalized spacial score (nSPS) is 10.6. The summed E-state index contributed by atoms with van der Waals surface area (Å²) in [6, 6.07) is 4.10. The van der Waals surface area contributed by atoms with E-state index >= 15 is 0 Å². The topological polar surface area (TPSA) is 17.8 Å². The molecule has 2 heterocycles. The van der Waals surface area contributed by atoms with Gasteiger partial charge in [0.15, 0.2) is 0 Å². The lowest BCUT2D eigenvalue weighted by Crippen LogP contribution is -1.95. The van der Waals surface area contributed by atoms with E-state index in [0.717, 1.165) is 12.2 Å². The van der Waals surface area contributed by atoms with Crippen molar-refractivity contribution in [2.24, 2.45) is 0 Å². The molecule has 0 spiro atoms. The fourth-order valence-electron chi connectivity index (χ4n) is 1.27. The average Bonchev–Trinajstić information content (AvgIpc) is 2.71. The molecular formula is C9H9ClN2S. The summed E-state index contributed by atoms with van der Waals surface area (Å²) in [5.74, 6) is 0. The third-order valence-electron chi connectivity index (χ3n) is 1.90. The highest BCUT2D eigenvalue weighted by Crippen LogP contribution is 2.26. The molecule has 0 aromatic carbocycles. The third kappa shape index (κ3) is 1.49. The van der Waals surface area contributed by atoms with Crippen molar-refractivity contribution < 1.29 is 0 Å². The number of hydrogen-bond donors (Lipinski definition) is 0. The van der Waals surface area contributed by atoms with E-state index in [1.807, 2.05) is 16.8 Å². The number of thiophene rings is 1. The van der Waals surface area contributed by atoms with Crippen LogP contribution in [-0.4, -0.2) is 9.55 Å². The summed E-state index contributed by atoms with van der Waals surface area (Å²) in [5, 5.41) is 2.61. The molecule has 0 radical (unpaired) electrons. The maximum atomic E-state index is 5.92. The van der Waals surface area contributed by atoms with Gasteiger partial charge in [0.2, 0.25) is 5.28 Å². The van der Waals surface area contributed by atoms with Gasteiger partial charge < -0.3 is 4.57 Å². The van der Waals surface area contributed by atoms with E-state index < -0.39 is 0 Å². The zero-order valence-corrected chi connectivity index (χ0v) is 8.77. The molecular weight excluding hydrogens is 204 g/mol. The van der Waals surface area contributed by atoms with Crippen LogP contribution in [0.15, 0.2) is 23.7 Å². The Morgan fingerprint density at radius 1 is 1.62 bits per heavy atom. The van der Waals surface area contributed by atoms with Gasteiger partial charge in [0.25, 0.3) is 0 Å². The molecule has 0 bridgehead atoms. The van der Waals surface area contributed by atoms with Gasteiger partial charge in [-0.15, -0.1) is 11.3 Å². The largest absolute Gasteiger partial charge is 0.314 e. The fraction of sp³-hybridized carbons (Fsp3) is 0.222. The van der Waals surface area contributed by atoms with Gasteiger partial charge >= 0.3 is 0 Å². The molecule has 0 aliphatic carbocycles. The van der Waals surface area contributed by atoms with Crippen LogP contribution in [-0.2, 0) is 6.54 Å². The smallest absolute Gasteiger partial charge is 0.203 e. The summed E-state index contributed by atoms with van der Waals surface area (Å²) in [7, 11) is 0. The highest BCUT2D eigenvalue weighted by atomic mass is 35.5. The van der Waals surface area contributed by atoms with Crippen LogP contribution in [0.5, 0.6) is 0 Å². The van der Waals surface area contributed by atoms with Crippen LogP contribution in [0.4, 0.5) is 0 Å². The zero-order chi connectivity index (χ0) is 9.26. The van der Waals surface area contributed by atoms with E-state index in [2.05, 4.69) is 23.4 Å². The van der Waals surface area contributed by atoms with Crippen molar-refractivity contribution in [1.29, 1.82) is 0 Å². The van der Waals surface area contributed by atoms with E-state index in [4.69, 9.17) is 11.6 Å². The van der Waals surface area contributed by atoms with E-state index in [-0.39, 0.29) is 0 Å². The Hall–Kier alpha value is -0.800.